The van der Waals surface area contributed by atoms with Crippen molar-refractivity contribution in [2.75, 3.05) is 32.6 Å². The van der Waals surface area contributed by atoms with Crippen LogP contribution >= 0.6 is 0 Å². The lowest BCUT2D eigenvalue weighted by atomic mass is 9.99. The molecule has 1 aliphatic heterocycles. The van der Waals surface area contributed by atoms with Gasteiger partial charge in [-0.25, -0.2) is 17.7 Å². The largest absolute Gasteiger partial charge is 0.384 e. The van der Waals surface area contributed by atoms with E-state index in [0.29, 0.717) is 13.1 Å². The first-order chi connectivity index (χ1) is 11.0. The van der Waals surface area contributed by atoms with Gasteiger partial charge >= 0.3 is 0 Å². The number of methoxy groups -OCH3 is 1. The Bertz CT molecular complexity index is 785. The molecule has 0 radical (unpaired) electrons. The molecule has 2 aromatic rings. The fraction of sp³-hybridized carbons (Fsp3) is 0.562. The van der Waals surface area contributed by atoms with Crippen molar-refractivity contribution in [2.24, 2.45) is 0 Å². The zero-order valence-electron chi connectivity index (χ0n) is 13.6. The van der Waals surface area contributed by atoms with E-state index in [1.807, 2.05) is 19.1 Å². The van der Waals surface area contributed by atoms with Crippen LogP contribution in [-0.2, 0) is 14.8 Å². The molecule has 0 aliphatic carbocycles. The number of sulfonamides is 1. The van der Waals surface area contributed by atoms with Crippen LogP contribution in [0.4, 0.5) is 0 Å². The van der Waals surface area contributed by atoms with E-state index < -0.39 is 10.0 Å². The highest BCUT2D eigenvalue weighted by molar-refractivity contribution is 7.89. The minimum atomic E-state index is -3.26. The molecular formula is C16H23N3O3S. The molecule has 1 aromatic carbocycles. The summed E-state index contributed by atoms with van der Waals surface area (Å²) in [7, 11) is -1.74. The van der Waals surface area contributed by atoms with E-state index in [-0.39, 0.29) is 18.3 Å². The molecule has 6 nitrogen and oxygen atoms in total. The van der Waals surface area contributed by atoms with E-state index in [1.54, 1.807) is 4.31 Å². The molecule has 1 fully saturated rings. The Hall–Kier alpha value is -1.44. The maximum Gasteiger partial charge on any atom is 0.216 e. The Balaban J connectivity index is 1.79. The third kappa shape index (κ3) is 3.57. The van der Waals surface area contributed by atoms with Crippen molar-refractivity contribution in [3.05, 3.63) is 29.6 Å². The maximum atomic E-state index is 12.4. The first-order valence-electron chi connectivity index (χ1n) is 7.92. The fourth-order valence-electron chi connectivity index (χ4n) is 3.07. The van der Waals surface area contributed by atoms with Gasteiger partial charge in [-0.2, -0.15) is 0 Å². The average molecular weight is 337 g/mol. The maximum absolute atomic E-state index is 12.4. The molecule has 1 atom stereocenters. The minimum absolute atomic E-state index is 0.0372. The highest BCUT2D eigenvalue weighted by atomic mass is 32.2. The molecule has 0 saturated carbocycles. The molecule has 0 spiro atoms. The number of benzene rings is 1. The summed E-state index contributed by atoms with van der Waals surface area (Å²) in [4.78, 5) is 8.02. The molecule has 3 rings (SSSR count). The lowest BCUT2D eigenvalue weighted by molar-refractivity contribution is 0.214. The van der Waals surface area contributed by atoms with Crippen molar-refractivity contribution in [3.8, 4) is 0 Å². The van der Waals surface area contributed by atoms with Crippen LogP contribution in [0, 0.1) is 6.92 Å². The molecule has 2 heterocycles. The number of aromatic amines is 1. The summed E-state index contributed by atoms with van der Waals surface area (Å²) >= 11 is 0. The summed E-state index contributed by atoms with van der Waals surface area (Å²) in [5, 5.41) is 0. The number of H-pyrrole nitrogens is 1. The lowest BCUT2D eigenvalue weighted by Crippen LogP contribution is -2.41. The standard InChI is InChI=1S/C16H23N3O3S/c1-12-5-6-14-15(10-12)18-16(17-14)13-4-3-7-19(11-13)23(20,21)9-8-22-2/h5-6,10,13H,3-4,7-9,11H2,1-2H3,(H,17,18). The molecule has 7 heteroatoms. The van der Waals surface area contributed by atoms with Crippen molar-refractivity contribution in [1.82, 2.24) is 14.3 Å². The highest BCUT2D eigenvalue weighted by Gasteiger charge is 2.30. The van der Waals surface area contributed by atoms with Crippen LogP contribution in [0.1, 0.15) is 30.1 Å². The van der Waals surface area contributed by atoms with Crippen molar-refractivity contribution in [3.63, 3.8) is 0 Å². The van der Waals surface area contributed by atoms with Gasteiger partial charge in [0, 0.05) is 26.1 Å². The van der Waals surface area contributed by atoms with Crippen LogP contribution in [0.15, 0.2) is 18.2 Å². The number of fused-ring (bicyclic) bond motifs is 1. The monoisotopic (exact) mass is 337 g/mol. The van der Waals surface area contributed by atoms with Gasteiger partial charge in [-0.3, -0.25) is 0 Å². The SMILES string of the molecule is COCCS(=O)(=O)N1CCCC(c2nc3ccc(C)cc3[nH]2)C1. The molecule has 1 N–H and O–H groups in total. The number of ether oxygens (including phenoxy) is 1. The minimum Gasteiger partial charge on any atom is -0.384 e. The van der Waals surface area contributed by atoms with E-state index in [9.17, 15) is 8.42 Å². The van der Waals surface area contributed by atoms with Crippen LogP contribution in [0.25, 0.3) is 11.0 Å². The number of piperidine rings is 1. The van der Waals surface area contributed by atoms with Gasteiger partial charge in [0.2, 0.25) is 10.0 Å². The lowest BCUT2D eigenvalue weighted by Gasteiger charge is -2.30. The van der Waals surface area contributed by atoms with Crippen LogP contribution < -0.4 is 0 Å². The molecule has 1 saturated heterocycles. The second-order valence-electron chi connectivity index (χ2n) is 6.15. The summed E-state index contributed by atoms with van der Waals surface area (Å²) in [6.07, 6.45) is 1.81. The second-order valence-corrected chi connectivity index (χ2v) is 8.24. The van der Waals surface area contributed by atoms with Gasteiger partial charge in [-0.1, -0.05) is 6.07 Å². The van der Waals surface area contributed by atoms with Crippen molar-refractivity contribution < 1.29 is 13.2 Å². The van der Waals surface area contributed by atoms with E-state index in [1.165, 1.54) is 12.7 Å². The summed E-state index contributed by atoms with van der Waals surface area (Å²) in [5.41, 5.74) is 3.13. The predicted molar refractivity (Wildman–Crippen MR) is 90.0 cm³/mol. The van der Waals surface area contributed by atoms with Gasteiger partial charge in [0.1, 0.15) is 5.82 Å². The Kier molecular flexibility index (Phi) is 4.70. The van der Waals surface area contributed by atoms with E-state index in [0.717, 1.165) is 29.7 Å². The molecule has 23 heavy (non-hydrogen) atoms. The van der Waals surface area contributed by atoms with Gasteiger partial charge in [-0.15, -0.1) is 0 Å². The number of hydrogen-bond donors (Lipinski definition) is 1. The van der Waals surface area contributed by atoms with Crippen molar-refractivity contribution in [1.29, 1.82) is 0 Å². The first kappa shape index (κ1) is 16.4. The number of aryl methyl sites for hydroxylation is 1. The fourth-order valence-corrected chi connectivity index (χ4v) is 4.52. The van der Waals surface area contributed by atoms with Gasteiger partial charge in [0.15, 0.2) is 0 Å². The third-order valence-electron chi connectivity index (χ3n) is 4.37. The van der Waals surface area contributed by atoms with Gasteiger partial charge in [-0.05, 0) is 37.5 Å². The zero-order valence-corrected chi connectivity index (χ0v) is 14.4. The van der Waals surface area contributed by atoms with Crippen LogP contribution in [-0.4, -0.2) is 55.3 Å². The molecule has 1 aliphatic rings. The molecule has 126 valence electrons. The number of hydrogen-bond acceptors (Lipinski definition) is 4. The van der Waals surface area contributed by atoms with E-state index in [2.05, 4.69) is 16.0 Å². The third-order valence-corrected chi connectivity index (χ3v) is 6.17. The normalized spacial score (nSPS) is 20.2. The Morgan fingerprint density at radius 1 is 1.43 bits per heavy atom. The van der Waals surface area contributed by atoms with Gasteiger partial charge in [0.05, 0.1) is 23.4 Å². The summed E-state index contributed by atoms with van der Waals surface area (Å²) < 4.78 is 31.2. The smallest absolute Gasteiger partial charge is 0.216 e. The summed E-state index contributed by atoms with van der Waals surface area (Å²) in [6.45, 7) is 3.35. The Labute approximate surface area is 136 Å². The molecule has 1 unspecified atom stereocenters. The molecule has 0 amide bonds. The second kappa shape index (κ2) is 6.59. The van der Waals surface area contributed by atoms with E-state index in [4.69, 9.17) is 4.74 Å². The zero-order chi connectivity index (χ0) is 16.4. The van der Waals surface area contributed by atoms with Crippen LogP contribution in [0.3, 0.4) is 0 Å². The van der Waals surface area contributed by atoms with Crippen molar-refractivity contribution in [2.45, 2.75) is 25.7 Å². The number of nitrogens with one attached hydrogen (secondary N) is 1. The summed E-state index contributed by atoms with van der Waals surface area (Å²) in [6, 6.07) is 6.11. The van der Waals surface area contributed by atoms with Crippen LogP contribution in [0.5, 0.6) is 0 Å². The number of rotatable bonds is 5. The molecule has 0 bridgehead atoms. The number of nitrogens with zero attached hydrogens (tertiary/aromatic N) is 2. The predicted octanol–water partition coefficient (Wildman–Crippen LogP) is 2.03. The average Bonchev–Trinajstić information content (AvgIpc) is 2.96. The first-order valence-corrected chi connectivity index (χ1v) is 9.53. The summed E-state index contributed by atoms with van der Waals surface area (Å²) in [5.74, 6) is 1.04. The van der Waals surface area contributed by atoms with Gasteiger partial charge in [0.25, 0.3) is 0 Å². The van der Waals surface area contributed by atoms with E-state index >= 15 is 0 Å². The van der Waals surface area contributed by atoms with Gasteiger partial charge < -0.3 is 9.72 Å². The quantitative estimate of drug-likeness (QED) is 0.906. The Morgan fingerprint density at radius 3 is 3.04 bits per heavy atom. The van der Waals surface area contributed by atoms with Crippen LogP contribution in [0.2, 0.25) is 0 Å². The molecular weight excluding hydrogens is 314 g/mol. The number of imidazole rings is 1. The molecule has 1 aromatic heterocycles. The topological polar surface area (TPSA) is 75.3 Å². The Morgan fingerprint density at radius 2 is 2.26 bits per heavy atom. The number of aromatic nitrogens is 2. The highest BCUT2D eigenvalue weighted by Crippen LogP contribution is 2.28. The van der Waals surface area contributed by atoms with Crippen molar-refractivity contribution >= 4 is 21.1 Å².